The average molecular weight is 463 g/mol. The maximum atomic E-state index is 13.3. The van der Waals surface area contributed by atoms with E-state index < -0.39 is 0 Å². The molecule has 0 radical (unpaired) electrons. The Morgan fingerprint density at radius 3 is 2.24 bits per heavy atom. The second-order valence-corrected chi connectivity index (χ2v) is 9.33. The number of carbonyl (C=O) groups is 1. The molecule has 0 spiro atoms. The molecule has 164 valence electrons. The summed E-state index contributed by atoms with van der Waals surface area (Å²) in [4.78, 5) is 23.4. The van der Waals surface area contributed by atoms with E-state index in [0.717, 1.165) is 73.9 Å². The highest BCUT2D eigenvalue weighted by Gasteiger charge is 2.39. The van der Waals surface area contributed by atoms with E-state index in [4.69, 9.17) is 26.3 Å². The van der Waals surface area contributed by atoms with E-state index in [9.17, 15) is 4.79 Å². The Morgan fingerprint density at radius 2 is 1.47 bits per heavy atom. The number of hydrogen-bond donors (Lipinski definition) is 0. The number of benzene rings is 4. The molecule has 0 amide bonds. The van der Waals surface area contributed by atoms with Gasteiger partial charge < -0.3 is 4.74 Å². The first-order valence-corrected chi connectivity index (χ1v) is 11.9. The molecule has 1 atom stereocenters. The molecular formula is C29H19ClN2O2. The second kappa shape index (κ2) is 7.37. The van der Waals surface area contributed by atoms with E-state index in [2.05, 4.69) is 12.1 Å². The van der Waals surface area contributed by atoms with Gasteiger partial charge >= 0.3 is 0 Å². The predicted molar refractivity (Wildman–Crippen MR) is 134 cm³/mol. The van der Waals surface area contributed by atoms with E-state index in [0.29, 0.717) is 11.4 Å². The third-order valence-corrected chi connectivity index (χ3v) is 7.16. The summed E-state index contributed by atoms with van der Waals surface area (Å²) >= 11 is 6.23. The Morgan fingerprint density at radius 1 is 0.794 bits per heavy atom. The van der Waals surface area contributed by atoms with Gasteiger partial charge in [-0.2, -0.15) is 0 Å². The molecule has 5 heteroatoms. The first-order valence-electron chi connectivity index (χ1n) is 11.5. The van der Waals surface area contributed by atoms with E-state index in [1.807, 2.05) is 60.7 Å². The van der Waals surface area contributed by atoms with E-state index >= 15 is 0 Å². The minimum atomic E-state index is -0.286. The number of carbonyl (C=O) groups excluding carboxylic acids is 1. The van der Waals surface area contributed by atoms with Gasteiger partial charge in [0.25, 0.3) is 0 Å². The van der Waals surface area contributed by atoms with Gasteiger partial charge in [0.1, 0.15) is 11.5 Å². The molecule has 0 bridgehead atoms. The zero-order chi connectivity index (χ0) is 22.8. The lowest BCUT2D eigenvalue weighted by Crippen LogP contribution is -2.26. The summed E-state index contributed by atoms with van der Waals surface area (Å²) < 4.78 is 6.58. The molecule has 4 nitrogen and oxygen atoms in total. The second-order valence-electron chi connectivity index (χ2n) is 8.90. The minimum absolute atomic E-state index is 0.141. The van der Waals surface area contributed by atoms with Crippen LogP contribution in [0.1, 0.15) is 36.3 Å². The molecule has 1 aliphatic heterocycles. The number of hydrogen-bond acceptors (Lipinski definition) is 4. The minimum Gasteiger partial charge on any atom is -0.460 e. The van der Waals surface area contributed by atoms with Crippen molar-refractivity contribution in [2.24, 2.45) is 0 Å². The molecule has 0 saturated heterocycles. The van der Waals surface area contributed by atoms with E-state index in [1.165, 1.54) is 0 Å². The average Bonchev–Trinajstić information content (AvgIpc) is 2.87. The Kier molecular flexibility index (Phi) is 4.27. The lowest BCUT2D eigenvalue weighted by atomic mass is 9.76. The van der Waals surface area contributed by atoms with Gasteiger partial charge in [-0.05, 0) is 36.2 Å². The molecule has 0 saturated carbocycles. The summed E-state index contributed by atoms with van der Waals surface area (Å²) in [7, 11) is 0. The molecule has 5 aromatic rings. The van der Waals surface area contributed by atoms with Crippen LogP contribution in [0.4, 0.5) is 0 Å². The fourth-order valence-corrected chi connectivity index (χ4v) is 5.54. The number of halogens is 1. The molecule has 34 heavy (non-hydrogen) atoms. The third kappa shape index (κ3) is 2.82. The van der Waals surface area contributed by atoms with Crippen LogP contribution >= 0.6 is 11.6 Å². The molecule has 2 heterocycles. The Labute approximate surface area is 200 Å². The van der Waals surface area contributed by atoms with Gasteiger partial charge in [-0.15, -0.1) is 0 Å². The van der Waals surface area contributed by atoms with Crippen molar-refractivity contribution in [3.05, 3.63) is 100 Å². The number of para-hydroxylation sites is 2. The van der Waals surface area contributed by atoms with Gasteiger partial charge in [0, 0.05) is 45.7 Å². The molecule has 4 aromatic carbocycles. The molecule has 2 aliphatic rings. The van der Waals surface area contributed by atoms with Gasteiger partial charge in [-0.1, -0.05) is 60.1 Å². The number of rotatable bonds is 1. The Hall–Kier alpha value is -3.76. The summed E-state index contributed by atoms with van der Waals surface area (Å²) in [6.45, 7) is 0. The summed E-state index contributed by atoms with van der Waals surface area (Å²) in [6, 6.07) is 23.8. The standard InChI is InChI=1S/C29H19ClN2O2/c30-17-14-12-16(13-15-17)24-25-22(33)10-5-11-23(25)34-29-19-7-2-1-6-18(19)27-28(26(24)29)32-21-9-4-3-8-20(21)31-27/h1-4,6-9,12-15,24H,5,10-11H2. The maximum Gasteiger partial charge on any atom is 0.163 e. The number of allylic oxidation sites excluding steroid dienone is 2. The van der Waals surface area contributed by atoms with Crippen molar-refractivity contribution >= 4 is 50.2 Å². The molecule has 0 N–H and O–H groups in total. The van der Waals surface area contributed by atoms with Crippen LogP contribution in [-0.4, -0.2) is 15.8 Å². The number of fused-ring (bicyclic) bond motifs is 7. The Bertz CT molecular complexity index is 1690. The number of ketones is 1. The van der Waals surface area contributed by atoms with Crippen molar-refractivity contribution in [2.75, 3.05) is 0 Å². The van der Waals surface area contributed by atoms with E-state index in [1.54, 1.807) is 0 Å². The van der Waals surface area contributed by atoms with Crippen LogP contribution in [0.15, 0.2) is 84.1 Å². The number of ether oxygens (including phenoxy) is 1. The van der Waals surface area contributed by atoms with Crippen LogP contribution in [0.25, 0.3) is 32.8 Å². The number of Topliss-reactive ketones (excluding diaryl/α,β-unsaturated/α-hetero) is 1. The smallest absolute Gasteiger partial charge is 0.163 e. The van der Waals surface area contributed by atoms with Crippen LogP contribution in [0.5, 0.6) is 5.75 Å². The zero-order valence-corrected chi connectivity index (χ0v) is 19.0. The highest BCUT2D eigenvalue weighted by molar-refractivity contribution is 6.30. The van der Waals surface area contributed by atoms with Crippen LogP contribution in [0.3, 0.4) is 0 Å². The van der Waals surface area contributed by atoms with Crippen molar-refractivity contribution in [1.29, 1.82) is 0 Å². The van der Waals surface area contributed by atoms with Crippen molar-refractivity contribution in [2.45, 2.75) is 25.2 Å². The number of aromatic nitrogens is 2. The fraction of sp³-hybridized carbons (Fsp3) is 0.138. The van der Waals surface area contributed by atoms with Crippen LogP contribution in [0, 0.1) is 0 Å². The van der Waals surface area contributed by atoms with Crippen LogP contribution in [0.2, 0.25) is 5.02 Å². The van der Waals surface area contributed by atoms with Crippen molar-refractivity contribution < 1.29 is 9.53 Å². The van der Waals surface area contributed by atoms with Gasteiger partial charge in [0.2, 0.25) is 0 Å². The SMILES string of the molecule is O=C1CCCC2=C1C(c1ccc(Cl)cc1)c1c(c3ccccc3c3nc4ccccc4nc13)O2. The lowest BCUT2D eigenvalue weighted by molar-refractivity contribution is -0.116. The molecular weight excluding hydrogens is 444 g/mol. The number of nitrogens with zero attached hydrogens (tertiary/aromatic N) is 2. The van der Waals surface area contributed by atoms with Crippen molar-refractivity contribution in [3.63, 3.8) is 0 Å². The predicted octanol–water partition coefficient (Wildman–Crippen LogP) is 7.12. The van der Waals surface area contributed by atoms with Crippen molar-refractivity contribution in [1.82, 2.24) is 9.97 Å². The monoisotopic (exact) mass is 462 g/mol. The van der Waals surface area contributed by atoms with Gasteiger partial charge in [0.15, 0.2) is 5.78 Å². The maximum absolute atomic E-state index is 13.3. The van der Waals surface area contributed by atoms with Crippen LogP contribution < -0.4 is 4.74 Å². The highest BCUT2D eigenvalue weighted by atomic mass is 35.5. The quantitative estimate of drug-likeness (QED) is 0.196. The van der Waals surface area contributed by atoms with E-state index in [-0.39, 0.29) is 11.7 Å². The first kappa shape index (κ1) is 19.7. The molecule has 1 aliphatic carbocycles. The normalized spacial score (nSPS) is 17.7. The summed E-state index contributed by atoms with van der Waals surface area (Å²) in [6.07, 6.45) is 2.08. The summed E-state index contributed by atoms with van der Waals surface area (Å²) in [5.74, 6) is 1.41. The van der Waals surface area contributed by atoms with Gasteiger partial charge in [-0.3, -0.25) is 4.79 Å². The van der Waals surface area contributed by atoms with Gasteiger partial charge in [0.05, 0.1) is 22.1 Å². The highest BCUT2D eigenvalue weighted by Crippen LogP contribution is 2.52. The largest absolute Gasteiger partial charge is 0.460 e. The molecule has 0 fully saturated rings. The Balaban J connectivity index is 1.67. The topological polar surface area (TPSA) is 52.1 Å². The lowest BCUT2D eigenvalue weighted by Gasteiger charge is -2.34. The fourth-order valence-electron chi connectivity index (χ4n) is 5.41. The first-order chi connectivity index (χ1) is 16.7. The molecule has 7 rings (SSSR count). The van der Waals surface area contributed by atoms with Crippen LogP contribution in [-0.2, 0) is 4.79 Å². The molecule has 1 unspecified atom stereocenters. The van der Waals surface area contributed by atoms with Gasteiger partial charge in [-0.25, -0.2) is 9.97 Å². The summed E-state index contributed by atoms with van der Waals surface area (Å²) in [5.41, 5.74) is 5.91. The van der Waals surface area contributed by atoms with Crippen molar-refractivity contribution in [3.8, 4) is 5.75 Å². The third-order valence-electron chi connectivity index (χ3n) is 6.91. The molecule has 1 aromatic heterocycles. The zero-order valence-electron chi connectivity index (χ0n) is 18.2. The summed E-state index contributed by atoms with van der Waals surface area (Å²) in [5, 5.41) is 2.64.